The van der Waals surface area contributed by atoms with Gasteiger partial charge in [-0.1, -0.05) is 26.0 Å². The summed E-state index contributed by atoms with van der Waals surface area (Å²) in [6, 6.07) is -0.0301. The van der Waals surface area contributed by atoms with E-state index >= 15 is 0 Å². The highest BCUT2D eigenvalue weighted by atomic mass is 14.8. The van der Waals surface area contributed by atoms with Gasteiger partial charge in [-0.3, -0.25) is 0 Å². The maximum atomic E-state index is 5.81. The lowest BCUT2D eigenvalue weighted by atomic mass is 9.80. The van der Waals surface area contributed by atoms with Crippen molar-refractivity contribution >= 4 is 0 Å². The Hall–Kier alpha value is -0.760. The van der Waals surface area contributed by atoms with Crippen LogP contribution in [-0.4, -0.2) is 6.04 Å². The summed E-state index contributed by atoms with van der Waals surface area (Å²) < 4.78 is 0. The van der Waals surface area contributed by atoms with E-state index in [0.29, 0.717) is 0 Å². The van der Waals surface area contributed by atoms with Gasteiger partial charge in [0.25, 0.3) is 0 Å². The zero-order chi connectivity index (χ0) is 7.78. The molecule has 1 unspecified atom stereocenters. The minimum absolute atomic E-state index is 0.0127. The number of rotatable bonds is 0. The van der Waals surface area contributed by atoms with E-state index in [4.69, 9.17) is 11.5 Å². The Kier molecular flexibility index (Phi) is 1.57. The lowest BCUT2D eigenvalue weighted by Crippen LogP contribution is -2.41. The Morgan fingerprint density at radius 1 is 1.50 bits per heavy atom. The van der Waals surface area contributed by atoms with E-state index < -0.39 is 0 Å². The topological polar surface area (TPSA) is 52.0 Å². The molecule has 2 heteroatoms. The molecule has 1 aliphatic carbocycles. The van der Waals surface area contributed by atoms with Gasteiger partial charge in [0, 0.05) is 11.1 Å². The summed E-state index contributed by atoms with van der Waals surface area (Å²) >= 11 is 0. The average Bonchev–Trinajstić information content (AvgIpc) is 1.83. The molecule has 0 heterocycles. The fraction of sp³-hybridized carbons (Fsp3) is 0.500. The van der Waals surface area contributed by atoms with Crippen LogP contribution >= 0.6 is 0 Å². The summed E-state index contributed by atoms with van der Waals surface area (Å²) in [6.07, 6.45) is 5.89. The van der Waals surface area contributed by atoms with Gasteiger partial charge in [-0.2, -0.15) is 0 Å². The van der Waals surface area contributed by atoms with Crippen LogP contribution < -0.4 is 11.5 Å². The smallest absolute Gasteiger partial charge is 0.0529 e. The van der Waals surface area contributed by atoms with Crippen molar-refractivity contribution in [3.8, 4) is 0 Å². The van der Waals surface area contributed by atoms with Crippen LogP contribution in [0, 0.1) is 5.41 Å². The highest BCUT2D eigenvalue weighted by Crippen LogP contribution is 2.26. The van der Waals surface area contributed by atoms with Crippen LogP contribution in [-0.2, 0) is 0 Å². The molecule has 10 heavy (non-hydrogen) atoms. The van der Waals surface area contributed by atoms with E-state index in [0.717, 1.165) is 5.70 Å². The summed E-state index contributed by atoms with van der Waals surface area (Å²) in [7, 11) is 0. The number of nitrogens with two attached hydrogens (primary N) is 2. The molecule has 0 spiro atoms. The van der Waals surface area contributed by atoms with Crippen molar-refractivity contribution in [2.75, 3.05) is 0 Å². The molecule has 2 nitrogen and oxygen atoms in total. The molecular weight excluding hydrogens is 124 g/mol. The molecule has 0 aromatic carbocycles. The maximum absolute atomic E-state index is 5.81. The van der Waals surface area contributed by atoms with Crippen molar-refractivity contribution in [2.24, 2.45) is 16.9 Å². The Balaban J connectivity index is 2.89. The predicted octanol–water partition coefficient (Wildman–Crippen LogP) is 0.752. The van der Waals surface area contributed by atoms with Gasteiger partial charge in [-0.25, -0.2) is 0 Å². The van der Waals surface area contributed by atoms with Gasteiger partial charge in [0.2, 0.25) is 0 Å². The van der Waals surface area contributed by atoms with Crippen LogP contribution in [0.15, 0.2) is 23.9 Å². The predicted molar refractivity (Wildman–Crippen MR) is 43.2 cm³/mol. The third-order valence-electron chi connectivity index (χ3n) is 1.98. The Morgan fingerprint density at radius 2 is 2.10 bits per heavy atom. The standard InChI is InChI=1S/C8H14N2/c1-8(2)5-3-4-6(9)7(8)10/h3-5,7H,9-10H2,1-2H3. The van der Waals surface area contributed by atoms with Gasteiger partial charge in [0.15, 0.2) is 0 Å². The number of allylic oxidation sites excluding steroid dienone is 2. The molecule has 0 aliphatic heterocycles. The van der Waals surface area contributed by atoms with E-state index in [2.05, 4.69) is 19.9 Å². The van der Waals surface area contributed by atoms with Gasteiger partial charge < -0.3 is 11.5 Å². The molecule has 0 aromatic heterocycles. The fourth-order valence-corrected chi connectivity index (χ4v) is 1.04. The molecule has 0 saturated carbocycles. The molecule has 1 rings (SSSR count). The lowest BCUT2D eigenvalue weighted by molar-refractivity contribution is 0.402. The van der Waals surface area contributed by atoms with Crippen molar-refractivity contribution in [3.63, 3.8) is 0 Å². The summed E-state index contributed by atoms with van der Waals surface area (Å²) in [5.41, 5.74) is 12.2. The average molecular weight is 138 g/mol. The number of hydrogen-bond acceptors (Lipinski definition) is 2. The van der Waals surface area contributed by atoms with E-state index in [1.807, 2.05) is 12.2 Å². The van der Waals surface area contributed by atoms with Gasteiger partial charge in [0.1, 0.15) is 0 Å². The monoisotopic (exact) mass is 138 g/mol. The van der Waals surface area contributed by atoms with E-state index in [-0.39, 0.29) is 11.5 Å². The molecular formula is C8H14N2. The first-order valence-electron chi connectivity index (χ1n) is 3.44. The SMILES string of the molecule is CC1(C)C=CC=C(N)C1N. The van der Waals surface area contributed by atoms with Crippen molar-refractivity contribution in [1.82, 2.24) is 0 Å². The van der Waals surface area contributed by atoms with Crippen molar-refractivity contribution in [1.29, 1.82) is 0 Å². The van der Waals surface area contributed by atoms with Crippen LogP contribution in [0.3, 0.4) is 0 Å². The lowest BCUT2D eigenvalue weighted by Gasteiger charge is -2.30. The highest BCUT2D eigenvalue weighted by molar-refractivity contribution is 5.26. The minimum Gasteiger partial charge on any atom is -0.401 e. The molecule has 0 saturated heterocycles. The molecule has 0 bridgehead atoms. The van der Waals surface area contributed by atoms with Crippen LogP contribution in [0.25, 0.3) is 0 Å². The molecule has 0 aromatic rings. The van der Waals surface area contributed by atoms with Crippen molar-refractivity contribution in [3.05, 3.63) is 23.9 Å². The summed E-state index contributed by atoms with van der Waals surface area (Å²) in [5.74, 6) is 0. The molecule has 4 N–H and O–H groups in total. The van der Waals surface area contributed by atoms with Crippen molar-refractivity contribution < 1.29 is 0 Å². The summed E-state index contributed by atoms with van der Waals surface area (Å²) in [4.78, 5) is 0. The molecule has 1 aliphatic rings. The first-order valence-corrected chi connectivity index (χ1v) is 3.44. The van der Waals surface area contributed by atoms with E-state index in [1.165, 1.54) is 0 Å². The Morgan fingerprint density at radius 3 is 2.50 bits per heavy atom. The summed E-state index contributed by atoms with van der Waals surface area (Å²) in [5, 5.41) is 0. The van der Waals surface area contributed by atoms with Gasteiger partial charge in [0.05, 0.1) is 6.04 Å². The second-order valence-corrected chi connectivity index (χ2v) is 3.32. The van der Waals surface area contributed by atoms with Gasteiger partial charge in [-0.15, -0.1) is 0 Å². The largest absolute Gasteiger partial charge is 0.401 e. The van der Waals surface area contributed by atoms with Gasteiger partial charge >= 0.3 is 0 Å². The van der Waals surface area contributed by atoms with Crippen LogP contribution in [0.2, 0.25) is 0 Å². The molecule has 0 amide bonds. The third kappa shape index (κ3) is 1.07. The normalized spacial score (nSPS) is 29.9. The molecule has 56 valence electrons. The maximum Gasteiger partial charge on any atom is 0.0529 e. The fourth-order valence-electron chi connectivity index (χ4n) is 1.04. The summed E-state index contributed by atoms with van der Waals surface area (Å²) in [6.45, 7) is 4.15. The van der Waals surface area contributed by atoms with Crippen LogP contribution in [0.1, 0.15) is 13.8 Å². The van der Waals surface area contributed by atoms with Crippen molar-refractivity contribution in [2.45, 2.75) is 19.9 Å². The third-order valence-corrected chi connectivity index (χ3v) is 1.98. The zero-order valence-electron chi connectivity index (χ0n) is 6.46. The molecule has 0 fully saturated rings. The van der Waals surface area contributed by atoms with Crippen LogP contribution in [0.4, 0.5) is 0 Å². The first kappa shape index (κ1) is 7.35. The highest BCUT2D eigenvalue weighted by Gasteiger charge is 2.26. The van der Waals surface area contributed by atoms with Crippen LogP contribution in [0.5, 0.6) is 0 Å². The molecule has 0 radical (unpaired) electrons. The van der Waals surface area contributed by atoms with E-state index in [1.54, 1.807) is 0 Å². The Bertz CT molecular complexity index is 189. The second kappa shape index (κ2) is 2.13. The Labute approximate surface area is 61.6 Å². The molecule has 1 atom stereocenters. The number of hydrogen-bond donors (Lipinski definition) is 2. The quantitative estimate of drug-likeness (QED) is 0.519. The first-order chi connectivity index (χ1) is 4.54. The second-order valence-electron chi connectivity index (χ2n) is 3.32. The minimum atomic E-state index is -0.0301. The zero-order valence-corrected chi connectivity index (χ0v) is 6.46. The van der Waals surface area contributed by atoms with Gasteiger partial charge in [-0.05, 0) is 6.08 Å². The van der Waals surface area contributed by atoms with E-state index in [9.17, 15) is 0 Å².